The third-order valence-electron chi connectivity index (χ3n) is 1.30. The zero-order valence-electron chi connectivity index (χ0n) is 7.93. The van der Waals surface area contributed by atoms with Gasteiger partial charge < -0.3 is 6.53 Å². The summed E-state index contributed by atoms with van der Waals surface area (Å²) in [7, 11) is 0. The number of nitro benzene ring substituents is 1. The summed E-state index contributed by atoms with van der Waals surface area (Å²) in [6.07, 6.45) is 0. The summed E-state index contributed by atoms with van der Waals surface area (Å²) < 4.78 is 0. The zero-order valence-corrected chi connectivity index (χ0v) is 8.93. The first-order valence-electron chi connectivity index (χ1n) is 3.09. The number of non-ortho nitro benzene ring substituents is 1. The normalized spacial score (nSPS) is 8.62. The molecule has 0 amide bonds. The number of carbonyl (C=O) groups is 1. The van der Waals surface area contributed by atoms with E-state index in [1.165, 1.54) is 18.2 Å². The molecule has 1 aromatic rings. The van der Waals surface area contributed by atoms with Gasteiger partial charge in [-0.3, -0.25) is 10.1 Å². The van der Waals surface area contributed by atoms with Gasteiger partial charge in [-0.2, -0.15) is 0 Å². The van der Waals surface area contributed by atoms with E-state index in [-0.39, 0.29) is 42.2 Å². The van der Waals surface area contributed by atoms with Crippen LogP contribution in [0.3, 0.4) is 0 Å². The van der Waals surface area contributed by atoms with Crippen LogP contribution < -0.4 is 29.6 Å². The SMILES string of the molecule is O=C(O)c1cccc([N+](=O)[O-])c1.[H-].[Na+]. The van der Waals surface area contributed by atoms with Gasteiger partial charge in [0.25, 0.3) is 5.69 Å². The van der Waals surface area contributed by atoms with Gasteiger partial charge >= 0.3 is 35.5 Å². The first-order chi connectivity index (χ1) is 5.61. The molecule has 0 bridgehead atoms. The molecule has 5 nitrogen and oxygen atoms in total. The van der Waals surface area contributed by atoms with Gasteiger partial charge in [0.1, 0.15) is 0 Å². The Morgan fingerprint density at radius 3 is 2.62 bits per heavy atom. The fourth-order valence-electron chi connectivity index (χ4n) is 0.753. The molecule has 0 spiro atoms. The molecule has 0 atom stereocenters. The average Bonchev–Trinajstić information content (AvgIpc) is 2.04. The fourth-order valence-corrected chi connectivity index (χ4v) is 0.753. The molecule has 1 N–H and O–H groups in total. The van der Waals surface area contributed by atoms with Crippen molar-refractivity contribution < 1.29 is 45.8 Å². The smallest absolute Gasteiger partial charge is 1.00 e. The van der Waals surface area contributed by atoms with Gasteiger partial charge in [-0.1, -0.05) is 6.07 Å². The Hall–Kier alpha value is -0.910. The van der Waals surface area contributed by atoms with E-state index < -0.39 is 10.9 Å². The molecule has 1 rings (SSSR count). The van der Waals surface area contributed by atoms with Crippen molar-refractivity contribution in [1.29, 1.82) is 0 Å². The van der Waals surface area contributed by atoms with E-state index in [0.29, 0.717) is 0 Å². The summed E-state index contributed by atoms with van der Waals surface area (Å²) in [5.74, 6) is -1.17. The summed E-state index contributed by atoms with van der Waals surface area (Å²) in [5.41, 5.74) is -0.292. The first kappa shape index (κ1) is 12.1. The van der Waals surface area contributed by atoms with Crippen LogP contribution in [0.1, 0.15) is 11.8 Å². The van der Waals surface area contributed by atoms with Gasteiger partial charge in [-0.25, -0.2) is 4.79 Å². The van der Waals surface area contributed by atoms with Crippen molar-refractivity contribution in [1.82, 2.24) is 0 Å². The Bertz CT molecular complexity index is 315. The monoisotopic (exact) mass is 191 g/mol. The van der Waals surface area contributed by atoms with E-state index in [9.17, 15) is 14.9 Å². The predicted molar refractivity (Wildman–Crippen MR) is 41.2 cm³/mol. The van der Waals surface area contributed by atoms with Crippen molar-refractivity contribution in [2.45, 2.75) is 0 Å². The Balaban J connectivity index is 0. The molecule has 0 aliphatic heterocycles. The molecular formula is C7H6NNaO4. The standard InChI is InChI=1S/C7H5NO4.Na.H/c9-7(10)5-2-1-3-6(4-5)8(11)12;;/h1-4H,(H,9,10);;/q;+1;-1. The molecule has 0 aromatic heterocycles. The van der Waals surface area contributed by atoms with Gasteiger partial charge in [0.15, 0.2) is 0 Å². The number of rotatable bonds is 2. The number of nitro groups is 1. The molecule has 0 saturated heterocycles. The van der Waals surface area contributed by atoms with Crippen molar-refractivity contribution in [2.24, 2.45) is 0 Å². The van der Waals surface area contributed by atoms with Crippen LogP contribution in [0.5, 0.6) is 0 Å². The molecule has 0 aliphatic rings. The fraction of sp³-hybridized carbons (Fsp3) is 0. The topological polar surface area (TPSA) is 80.4 Å². The van der Waals surface area contributed by atoms with Crippen LogP contribution in [0.4, 0.5) is 5.69 Å². The van der Waals surface area contributed by atoms with E-state index >= 15 is 0 Å². The summed E-state index contributed by atoms with van der Waals surface area (Å²) >= 11 is 0. The molecular weight excluding hydrogens is 185 g/mol. The maximum absolute atomic E-state index is 10.4. The van der Waals surface area contributed by atoms with E-state index in [2.05, 4.69) is 0 Å². The number of nitrogens with zero attached hydrogens (tertiary/aromatic N) is 1. The Labute approximate surface area is 97.3 Å². The summed E-state index contributed by atoms with van der Waals surface area (Å²) in [6, 6.07) is 4.89. The second-order valence-electron chi connectivity index (χ2n) is 2.11. The molecule has 6 heteroatoms. The number of aromatic carboxylic acids is 1. The molecule has 0 fully saturated rings. The molecule has 0 saturated carbocycles. The van der Waals surface area contributed by atoms with Crippen molar-refractivity contribution in [3.8, 4) is 0 Å². The predicted octanol–water partition coefficient (Wildman–Crippen LogP) is -1.59. The van der Waals surface area contributed by atoms with Crippen molar-refractivity contribution in [3.05, 3.63) is 39.9 Å². The molecule has 13 heavy (non-hydrogen) atoms. The van der Waals surface area contributed by atoms with Crippen molar-refractivity contribution in [2.75, 3.05) is 0 Å². The Morgan fingerprint density at radius 1 is 1.54 bits per heavy atom. The van der Waals surface area contributed by atoms with Crippen LogP contribution in [-0.4, -0.2) is 16.0 Å². The van der Waals surface area contributed by atoms with Gasteiger partial charge in [0.2, 0.25) is 0 Å². The summed E-state index contributed by atoms with van der Waals surface area (Å²) in [4.78, 5) is 19.9. The quantitative estimate of drug-likeness (QED) is 0.347. The summed E-state index contributed by atoms with van der Waals surface area (Å²) in [6.45, 7) is 0. The van der Waals surface area contributed by atoms with Crippen LogP contribution in [-0.2, 0) is 0 Å². The molecule has 64 valence electrons. The third kappa shape index (κ3) is 3.14. The first-order valence-corrected chi connectivity index (χ1v) is 3.09. The van der Waals surface area contributed by atoms with E-state index in [4.69, 9.17) is 5.11 Å². The van der Waals surface area contributed by atoms with Gasteiger partial charge in [0.05, 0.1) is 10.5 Å². The van der Waals surface area contributed by atoms with Gasteiger partial charge in [0, 0.05) is 12.1 Å². The molecule has 0 unspecified atom stereocenters. The number of hydrogen-bond donors (Lipinski definition) is 1. The van der Waals surface area contributed by atoms with Gasteiger partial charge in [-0.15, -0.1) is 0 Å². The Kier molecular flexibility index (Phi) is 4.61. The summed E-state index contributed by atoms with van der Waals surface area (Å²) in [5, 5.41) is 18.7. The maximum Gasteiger partial charge on any atom is 1.00 e. The Morgan fingerprint density at radius 2 is 2.15 bits per heavy atom. The number of carboxylic acid groups (broad SMARTS) is 1. The number of carboxylic acids is 1. The molecule has 1 aromatic carbocycles. The van der Waals surface area contributed by atoms with Crippen molar-refractivity contribution in [3.63, 3.8) is 0 Å². The van der Waals surface area contributed by atoms with E-state index in [1.807, 2.05) is 0 Å². The second-order valence-corrected chi connectivity index (χ2v) is 2.11. The van der Waals surface area contributed by atoms with Crippen LogP contribution in [0.25, 0.3) is 0 Å². The minimum Gasteiger partial charge on any atom is -1.00 e. The van der Waals surface area contributed by atoms with E-state index in [0.717, 1.165) is 6.07 Å². The average molecular weight is 191 g/mol. The largest absolute Gasteiger partial charge is 1.00 e. The van der Waals surface area contributed by atoms with Crippen LogP contribution in [0, 0.1) is 10.1 Å². The van der Waals surface area contributed by atoms with Crippen LogP contribution >= 0.6 is 0 Å². The minimum absolute atomic E-state index is 0. The third-order valence-corrected chi connectivity index (χ3v) is 1.30. The van der Waals surface area contributed by atoms with Crippen LogP contribution in [0.15, 0.2) is 24.3 Å². The number of benzene rings is 1. The zero-order chi connectivity index (χ0) is 9.14. The minimum atomic E-state index is -1.17. The molecule has 0 radical (unpaired) electrons. The molecule has 0 heterocycles. The van der Waals surface area contributed by atoms with Crippen molar-refractivity contribution >= 4 is 11.7 Å². The van der Waals surface area contributed by atoms with E-state index in [1.54, 1.807) is 0 Å². The maximum atomic E-state index is 10.4. The van der Waals surface area contributed by atoms with Crippen LogP contribution in [0.2, 0.25) is 0 Å². The second kappa shape index (κ2) is 4.96. The number of hydrogen-bond acceptors (Lipinski definition) is 3. The molecule has 0 aliphatic carbocycles. The van der Waals surface area contributed by atoms with Gasteiger partial charge in [-0.05, 0) is 6.07 Å².